The number of pyridine rings is 1. The average molecular weight is 394 g/mol. The third-order valence-electron chi connectivity index (χ3n) is 4.62. The fourth-order valence-corrected chi connectivity index (χ4v) is 3.44. The zero-order chi connectivity index (χ0) is 20.8. The molecule has 28 heavy (non-hydrogen) atoms. The Kier molecular flexibility index (Phi) is 11.5. The lowest BCUT2D eigenvalue weighted by Gasteiger charge is -2.33. The van der Waals surface area contributed by atoms with Gasteiger partial charge in [0.05, 0.1) is 17.8 Å². The fourth-order valence-electron chi connectivity index (χ4n) is 3.44. The lowest BCUT2D eigenvalue weighted by Crippen LogP contribution is -2.39. The molecule has 0 saturated carbocycles. The number of aliphatic hydroxyl groups excluding tert-OH is 1. The normalized spacial score (nSPS) is 14.7. The summed E-state index contributed by atoms with van der Waals surface area (Å²) in [5.74, 6) is 0.761. The Morgan fingerprint density at radius 3 is 2.43 bits per heavy atom. The molecule has 3 N–H and O–H groups in total. The maximum absolute atomic E-state index is 9.00. The molecule has 1 fully saturated rings. The molecule has 9 heteroatoms. The molecular weight excluding hydrogens is 364 g/mol. The third kappa shape index (κ3) is 8.03. The van der Waals surface area contributed by atoms with Crippen LogP contribution in [0.2, 0.25) is 0 Å². The Hall–Kier alpha value is -2.49. The fraction of sp³-hybridized carbons (Fsp3) is 0.526. The summed E-state index contributed by atoms with van der Waals surface area (Å²) in [6, 6.07) is 8.39. The summed E-state index contributed by atoms with van der Waals surface area (Å²) >= 11 is 0. The van der Waals surface area contributed by atoms with E-state index >= 15 is 0 Å². The molecule has 0 bridgehead atoms. The van der Waals surface area contributed by atoms with E-state index in [-0.39, 0.29) is 19.6 Å². The molecule has 3 heterocycles. The van der Waals surface area contributed by atoms with Crippen LogP contribution in [0.3, 0.4) is 0 Å². The molecule has 1 aliphatic heterocycles. The number of carbonyl (C=O) groups is 2. The van der Waals surface area contributed by atoms with Crippen molar-refractivity contribution < 1.29 is 24.9 Å². The Labute approximate surface area is 164 Å². The molecule has 3 rings (SSSR count). The van der Waals surface area contributed by atoms with Gasteiger partial charge in [-0.1, -0.05) is 6.07 Å². The predicted octanol–water partition coefficient (Wildman–Crippen LogP) is 0.872. The minimum atomic E-state index is -0.250. The van der Waals surface area contributed by atoms with E-state index < -0.39 is 0 Å². The van der Waals surface area contributed by atoms with Crippen molar-refractivity contribution in [1.29, 1.82) is 0 Å². The topological polar surface area (TPSA) is 119 Å². The van der Waals surface area contributed by atoms with Crippen molar-refractivity contribution in [3.63, 3.8) is 0 Å². The average Bonchev–Trinajstić information content (AvgIpc) is 3.15. The van der Waals surface area contributed by atoms with E-state index in [0.29, 0.717) is 0 Å². The van der Waals surface area contributed by atoms with Gasteiger partial charge in [-0.05, 0) is 57.1 Å². The van der Waals surface area contributed by atoms with E-state index in [1.54, 1.807) is 0 Å². The summed E-state index contributed by atoms with van der Waals surface area (Å²) in [7, 11) is 2.20. The van der Waals surface area contributed by atoms with E-state index in [1.165, 1.54) is 18.5 Å². The number of likely N-dealkylation sites (tertiary alicyclic amines) is 1. The number of hydrogen-bond acceptors (Lipinski definition) is 6. The first-order valence-electron chi connectivity index (χ1n) is 9.18. The van der Waals surface area contributed by atoms with Crippen LogP contribution in [0.5, 0.6) is 0 Å². The van der Waals surface area contributed by atoms with Crippen LogP contribution >= 0.6 is 0 Å². The molecule has 1 saturated heterocycles. The quantitative estimate of drug-likeness (QED) is 0.618. The second kappa shape index (κ2) is 13.6. The molecule has 0 unspecified atom stereocenters. The number of nitrogens with zero attached hydrogens (tertiary/aromatic N) is 4. The summed E-state index contributed by atoms with van der Waals surface area (Å²) in [5, 5.41) is 27.2. The van der Waals surface area contributed by atoms with Gasteiger partial charge in [0.1, 0.15) is 0 Å². The van der Waals surface area contributed by atoms with Crippen molar-refractivity contribution >= 4 is 18.5 Å². The minimum absolute atomic E-state index is 0.250. The molecule has 156 valence electrons. The Morgan fingerprint density at radius 2 is 1.82 bits per heavy atom. The first-order chi connectivity index (χ1) is 13.6. The number of rotatable bonds is 6. The lowest BCUT2D eigenvalue weighted by molar-refractivity contribution is -0.123. The number of piperidine rings is 1. The highest BCUT2D eigenvalue weighted by Crippen LogP contribution is 2.18. The van der Waals surface area contributed by atoms with Crippen molar-refractivity contribution in [2.75, 3.05) is 39.8 Å². The van der Waals surface area contributed by atoms with Gasteiger partial charge >= 0.3 is 0 Å². The van der Waals surface area contributed by atoms with Crippen LogP contribution in [0.4, 0.5) is 0 Å². The Morgan fingerprint density at radius 1 is 1.18 bits per heavy atom. The van der Waals surface area contributed by atoms with Crippen molar-refractivity contribution in [2.24, 2.45) is 5.92 Å². The van der Waals surface area contributed by atoms with Crippen LogP contribution in [-0.4, -0.2) is 87.5 Å². The van der Waals surface area contributed by atoms with Gasteiger partial charge < -0.3 is 25.1 Å². The molecule has 1 aliphatic rings. The van der Waals surface area contributed by atoms with E-state index in [4.69, 9.17) is 24.9 Å². The summed E-state index contributed by atoms with van der Waals surface area (Å²) in [4.78, 5) is 21.5. The largest absolute Gasteiger partial charge is 0.483 e. The van der Waals surface area contributed by atoms with Gasteiger partial charge in [0, 0.05) is 25.8 Å². The maximum atomic E-state index is 9.00. The molecule has 0 spiro atoms. The van der Waals surface area contributed by atoms with Crippen molar-refractivity contribution in [2.45, 2.75) is 19.4 Å². The van der Waals surface area contributed by atoms with Gasteiger partial charge in [0.2, 0.25) is 0 Å². The van der Waals surface area contributed by atoms with E-state index in [9.17, 15) is 0 Å². The highest BCUT2D eigenvalue weighted by atomic mass is 16.3. The number of aliphatic hydroxyl groups is 1. The highest BCUT2D eigenvalue weighted by Gasteiger charge is 2.20. The Bertz CT molecular complexity index is 680. The number of β-amino-alcohol motifs (C(OH)–C–C–N with tert-alkyl or cyclic N) is 1. The van der Waals surface area contributed by atoms with Gasteiger partial charge in [0.25, 0.3) is 12.9 Å². The summed E-state index contributed by atoms with van der Waals surface area (Å²) in [5.41, 5.74) is 2.39. The van der Waals surface area contributed by atoms with Gasteiger partial charge in [-0.2, -0.15) is 5.10 Å². The lowest BCUT2D eigenvalue weighted by atomic mass is 9.96. The van der Waals surface area contributed by atoms with Crippen molar-refractivity contribution in [3.05, 3.63) is 36.2 Å². The molecule has 2 aromatic rings. The molecule has 0 radical (unpaired) electrons. The molecule has 0 atom stereocenters. The predicted molar refractivity (Wildman–Crippen MR) is 105 cm³/mol. The minimum Gasteiger partial charge on any atom is -0.483 e. The molecule has 0 amide bonds. The summed E-state index contributed by atoms with van der Waals surface area (Å²) < 4.78 is 2.03. The molecule has 9 nitrogen and oxygen atoms in total. The SMILES string of the molecule is CN(Cc1cccc2ccnn12)CC1CCN(CCO)CC1.O=CO.O=CO. The van der Waals surface area contributed by atoms with Crippen LogP contribution < -0.4 is 0 Å². The first kappa shape index (κ1) is 23.5. The first-order valence-corrected chi connectivity index (χ1v) is 9.18. The van der Waals surface area contributed by atoms with Crippen LogP contribution in [0.25, 0.3) is 5.52 Å². The van der Waals surface area contributed by atoms with E-state index in [1.807, 2.05) is 16.8 Å². The Balaban J connectivity index is 0.000000582. The van der Waals surface area contributed by atoms with Crippen molar-refractivity contribution in [1.82, 2.24) is 19.4 Å². The zero-order valence-electron chi connectivity index (χ0n) is 16.2. The van der Waals surface area contributed by atoms with Crippen LogP contribution in [0.1, 0.15) is 18.5 Å². The molecular formula is C19H30N4O5. The highest BCUT2D eigenvalue weighted by molar-refractivity contribution is 5.46. The second-order valence-electron chi connectivity index (χ2n) is 6.60. The van der Waals surface area contributed by atoms with Crippen LogP contribution in [0, 0.1) is 5.92 Å². The standard InChI is InChI=1S/C17H26N4O.2CH2O2/c1-19(13-15-6-9-20(10-7-15)11-12-22)14-17-4-2-3-16-5-8-18-21(16)17;2*2-1-3/h2-5,8,15,22H,6-7,9-14H2,1H3;2*1H,(H,2,3). The number of hydrogen-bond donors (Lipinski definition) is 3. The van der Waals surface area contributed by atoms with E-state index in [0.717, 1.165) is 44.2 Å². The van der Waals surface area contributed by atoms with Crippen LogP contribution in [-0.2, 0) is 16.1 Å². The van der Waals surface area contributed by atoms with E-state index in [2.05, 4.69) is 40.1 Å². The summed E-state index contributed by atoms with van der Waals surface area (Å²) in [6.07, 6.45) is 4.32. The second-order valence-corrected chi connectivity index (χ2v) is 6.60. The van der Waals surface area contributed by atoms with Gasteiger partial charge in [-0.25, -0.2) is 4.52 Å². The third-order valence-corrected chi connectivity index (χ3v) is 4.62. The monoisotopic (exact) mass is 394 g/mol. The molecule has 0 aromatic carbocycles. The number of carboxylic acid groups (broad SMARTS) is 2. The summed E-state index contributed by atoms with van der Waals surface area (Å²) in [6.45, 7) is 4.89. The van der Waals surface area contributed by atoms with Gasteiger partial charge in [-0.3, -0.25) is 9.59 Å². The van der Waals surface area contributed by atoms with Crippen molar-refractivity contribution in [3.8, 4) is 0 Å². The molecule has 2 aromatic heterocycles. The number of fused-ring (bicyclic) bond motifs is 1. The van der Waals surface area contributed by atoms with Gasteiger partial charge in [0.15, 0.2) is 0 Å². The van der Waals surface area contributed by atoms with Gasteiger partial charge in [-0.15, -0.1) is 0 Å². The molecule has 0 aliphatic carbocycles. The smallest absolute Gasteiger partial charge is 0.290 e. The van der Waals surface area contributed by atoms with Crippen LogP contribution in [0.15, 0.2) is 30.5 Å². The maximum Gasteiger partial charge on any atom is 0.290 e. The zero-order valence-corrected chi connectivity index (χ0v) is 16.2. The number of aromatic nitrogens is 2.